The molecule has 0 atom stereocenters. The van der Waals surface area contributed by atoms with Gasteiger partial charge in [0, 0.05) is 36.8 Å². The number of carbonyl (C=O) groups excluding carboxylic acids is 1. The first kappa shape index (κ1) is 26.1. The van der Waals surface area contributed by atoms with Crippen molar-refractivity contribution in [2.24, 2.45) is 0 Å². The van der Waals surface area contributed by atoms with Gasteiger partial charge in [0.15, 0.2) is 0 Å². The van der Waals surface area contributed by atoms with Crippen molar-refractivity contribution >= 4 is 39.1 Å². The highest BCUT2D eigenvalue weighted by molar-refractivity contribution is 7.98. The Kier molecular flexibility index (Phi) is 7.95. The monoisotopic (exact) mass is 523 g/mol. The molecule has 1 fully saturated rings. The minimum absolute atomic E-state index is 0.174. The van der Waals surface area contributed by atoms with Crippen molar-refractivity contribution < 1.29 is 13.2 Å². The highest BCUT2D eigenvalue weighted by Gasteiger charge is 2.30. The Labute approximate surface area is 219 Å². The third kappa shape index (κ3) is 5.55. The van der Waals surface area contributed by atoms with E-state index < -0.39 is 10.0 Å². The van der Waals surface area contributed by atoms with Gasteiger partial charge in [-0.15, -0.1) is 11.8 Å². The van der Waals surface area contributed by atoms with Crippen molar-refractivity contribution in [3.63, 3.8) is 0 Å². The number of anilines is 2. The predicted octanol–water partition coefficient (Wildman–Crippen LogP) is 4.88. The summed E-state index contributed by atoms with van der Waals surface area (Å²) in [5, 5.41) is 0. The topological polar surface area (TPSA) is 60.9 Å². The zero-order chi connectivity index (χ0) is 25.9. The van der Waals surface area contributed by atoms with E-state index >= 15 is 0 Å². The summed E-state index contributed by atoms with van der Waals surface area (Å²) in [5.41, 5.74) is 5.20. The van der Waals surface area contributed by atoms with Gasteiger partial charge < -0.3 is 9.80 Å². The summed E-state index contributed by atoms with van der Waals surface area (Å²) < 4.78 is 28.6. The van der Waals surface area contributed by atoms with E-state index in [0.717, 1.165) is 10.5 Å². The number of sulfonamides is 1. The van der Waals surface area contributed by atoms with Crippen molar-refractivity contribution in [1.82, 2.24) is 4.90 Å². The quantitative estimate of drug-likeness (QED) is 0.413. The van der Waals surface area contributed by atoms with E-state index in [-0.39, 0.29) is 17.3 Å². The summed E-state index contributed by atoms with van der Waals surface area (Å²) in [6.45, 7) is 8.47. The maximum Gasteiger partial charge on any atom is 0.264 e. The van der Waals surface area contributed by atoms with Gasteiger partial charge in [0.25, 0.3) is 10.0 Å². The van der Waals surface area contributed by atoms with Crippen molar-refractivity contribution in [1.29, 1.82) is 0 Å². The summed E-state index contributed by atoms with van der Waals surface area (Å²) in [5.74, 6) is -0.194. The molecule has 1 aliphatic rings. The first-order chi connectivity index (χ1) is 17.2. The van der Waals surface area contributed by atoms with Crippen LogP contribution in [-0.2, 0) is 14.8 Å². The Hall–Kier alpha value is -2.97. The average Bonchev–Trinajstić information content (AvgIpc) is 2.89. The van der Waals surface area contributed by atoms with Crippen LogP contribution < -0.4 is 9.21 Å². The zero-order valence-corrected chi connectivity index (χ0v) is 22.9. The highest BCUT2D eigenvalue weighted by atomic mass is 32.2. The third-order valence-electron chi connectivity index (χ3n) is 6.80. The second-order valence-corrected chi connectivity index (χ2v) is 11.9. The molecule has 1 heterocycles. The fraction of sp³-hybridized carbons (Fsp3) is 0.321. The summed E-state index contributed by atoms with van der Waals surface area (Å²) in [6, 6.07) is 20.3. The molecule has 0 aliphatic carbocycles. The Balaban J connectivity index is 1.54. The fourth-order valence-corrected chi connectivity index (χ4v) is 6.22. The Morgan fingerprint density at radius 2 is 1.53 bits per heavy atom. The SMILES string of the molecule is CSc1ccc(S(=O)(=O)N(CC(=O)N2CCN(c3cccc(C)c3C)CC2)c2ccc(C)cc2)cc1. The van der Waals surface area contributed by atoms with E-state index in [1.165, 1.54) is 21.1 Å². The van der Waals surface area contributed by atoms with Crippen molar-refractivity contribution in [2.45, 2.75) is 30.6 Å². The molecule has 1 saturated heterocycles. The second-order valence-electron chi connectivity index (χ2n) is 9.11. The zero-order valence-electron chi connectivity index (χ0n) is 21.3. The molecular weight excluding hydrogens is 490 g/mol. The van der Waals surface area contributed by atoms with Crippen molar-refractivity contribution in [3.05, 3.63) is 83.4 Å². The molecule has 0 radical (unpaired) electrons. The van der Waals surface area contributed by atoms with E-state index in [1.807, 2.05) is 25.3 Å². The number of nitrogens with zero attached hydrogens (tertiary/aromatic N) is 3. The molecule has 3 aromatic rings. The van der Waals surface area contributed by atoms with Crippen LogP contribution >= 0.6 is 11.8 Å². The van der Waals surface area contributed by atoms with Crippen molar-refractivity contribution in [2.75, 3.05) is 48.2 Å². The Bertz CT molecular complexity index is 1320. The number of aryl methyl sites for hydroxylation is 2. The Morgan fingerprint density at radius 3 is 2.14 bits per heavy atom. The lowest BCUT2D eigenvalue weighted by Gasteiger charge is -2.38. The number of carbonyl (C=O) groups is 1. The molecule has 0 saturated carbocycles. The molecule has 8 heteroatoms. The van der Waals surface area contributed by atoms with Gasteiger partial charge in [-0.05, 0) is 80.6 Å². The molecule has 0 bridgehead atoms. The van der Waals surface area contributed by atoms with Crippen LogP contribution in [0.3, 0.4) is 0 Å². The lowest BCUT2D eigenvalue weighted by atomic mass is 10.1. The van der Waals surface area contributed by atoms with Crippen LogP contribution in [0.25, 0.3) is 0 Å². The van der Waals surface area contributed by atoms with Gasteiger partial charge in [0.1, 0.15) is 6.54 Å². The number of hydrogen-bond acceptors (Lipinski definition) is 5. The van der Waals surface area contributed by atoms with Crippen LogP contribution in [0.2, 0.25) is 0 Å². The largest absolute Gasteiger partial charge is 0.368 e. The minimum atomic E-state index is -3.92. The molecule has 0 aromatic heterocycles. The second kappa shape index (κ2) is 11.0. The first-order valence-electron chi connectivity index (χ1n) is 12.0. The summed E-state index contributed by atoms with van der Waals surface area (Å²) in [6.07, 6.45) is 1.95. The first-order valence-corrected chi connectivity index (χ1v) is 14.7. The highest BCUT2D eigenvalue weighted by Crippen LogP contribution is 2.27. The van der Waals surface area contributed by atoms with Crippen molar-refractivity contribution in [3.8, 4) is 0 Å². The number of hydrogen-bond donors (Lipinski definition) is 0. The predicted molar refractivity (Wildman–Crippen MR) is 149 cm³/mol. The van der Waals surface area contributed by atoms with E-state index in [0.29, 0.717) is 31.9 Å². The molecule has 36 heavy (non-hydrogen) atoms. The fourth-order valence-electron chi connectivity index (χ4n) is 4.40. The van der Waals surface area contributed by atoms with Gasteiger partial charge in [0.2, 0.25) is 5.91 Å². The lowest BCUT2D eigenvalue weighted by molar-refractivity contribution is -0.129. The standard InChI is InChI=1S/C28H33N3O3S2/c1-21-8-10-24(11-9-21)31(36(33,34)26-14-12-25(35-4)13-15-26)20-28(32)30-18-16-29(17-19-30)27-7-5-6-22(2)23(27)3/h5-15H,16-20H2,1-4H3. The number of rotatable bonds is 7. The number of amides is 1. The van der Waals surface area contributed by atoms with Gasteiger partial charge in [-0.3, -0.25) is 9.10 Å². The van der Waals surface area contributed by atoms with E-state index in [9.17, 15) is 13.2 Å². The molecule has 0 spiro atoms. The lowest BCUT2D eigenvalue weighted by Crippen LogP contribution is -2.52. The molecule has 3 aromatic carbocycles. The average molecular weight is 524 g/mol. The molecule has 6 nitrogen and oxygen atoms in total. The van der Waals surface area contributed by atoms with E-state index in [2.05, 4.69) is 36.9 Å². The van der Waals surface area contributed by atoms with Crippen LogP contribution in [0.1, 0.15) is 16.7 Å². The normalized spacial score (nSPS) is 14.1. The van der Waals surface area contributed by atoms with E-state index in [1.54, 1.807) is 53.1 Å². The van der Waals surface area contributed by atoms with Crippen LogP contribution in [0, 0.1) is 20.8 Å². The van der Waals surface area contributed by atoms with Crippen LogP contribution in [0.4, 0.5) is 11.4 Å². The van der Waals surface area contributed by atoms with Crippen LogP contribution in [-0.4, -0.2) is 58.2 Å². The molecule has 1 amide bonds. The van der Waals surface area contributed by atoms with Gasteiger partial charge in [0.05, 0.1) is 10.6 Å². The summed E-state index contributed by atoms with van der Waals surface area (Å²) in [7, 11) is -3.92. The van der Waals surface area contributed by atoms with Crippen LogP contribution in [0.5, 0.6) is 0 Å². The van der Waals surface area contributed by atoms with Gasteiger partial charge in [-0.2, -0.15) is 0 Å². The smallest absolute Gasteiger partial charge is 0.264 e. The Morgan fingerprint density at radius 1 is 0.889 bits per heavy atom. The molecule has 1 aliphatic heterocycles. The van der Waals surface area contributed by atoms with E-state index in [4.69, 9.17) is 0 Å². The number of piperazine rings is 1. The van der Waals surface area contributed by atoms with Gasteiger partial charge in [-0.1, -0.05) is 29.8 Å². The maximum atomic E-state index is 13.7. The molecule has 190 valence electrons. The van der Waals surface area contributed by atoms with Gasteiger partial charge in [-0.25, -0.2) is 8.42 Å². The third-order valence-corrected chi connectivity index (χ3v) is 9.33. The molecule has 4 rings (SSSR count). The maximum absolute atomic E-state index is 13.7. The summed E-state index contributed by atoms with van der Waals surface area (Å²) >= 11 is 1.55. The summed E-state index contributed by atoms with van der Waals surface area (Å²) in [4.78, 5) is 18.6. The minimum Gasteiger partial charge on any atom is -0.368 e. The number of thioether (sulfide) groups is 1. The molecule has 0 unspecified atom stereocenters. The molecule has 0 N–H and O–H groups in total. The number of benzene rings is 3. The molecular formula is C28H33N3O3S2. The van der Waals surface area contributed by atoms with Crippen LogP contribution in [0.15, 0.2) is 76.5 Å². The van der Waals surface area contributed by atoms with Gasteiger partial charge >= 0.3 is 0 Å².